The molecule has 2 heterocycles. The summed E-state index contributed by atoms with van der Waals surface area (Å²) in [5, 5.41) is 11.4. The molecule has 0 spiro atoms. The van der Waals surface area contributed by atoms with Crippen molar-refractivity contribution in [3.8, 4) is 11.4 Å². The number of nitrogens with zero attached hydrogens (tertiary/aromatic N) is 4. The molecule has 0 atom stereocenters. The summed E-state index contributed by atoms with van der Waals surface area (Å²) in [7, 11) is 1.62. The summed E-state index contributed by atoms with van der Waals surface area (Å²) in [4.78, 5) is 15.9. The highest BCUT2D eigenvalue weighted by atomic mass is 32.2. The van der Waals surface area contributed by atoms with E-state index in [1.165, 1.54) is 11.8 Å². The first-order valence-corrected chi connectivity index (χ1v) is 8.12. The summed E-state index contributed by atoms with van der Waals surface area (Å²) in [6.07, 6.45) is 4.87. The number of ether oxygens (including phenoxy) is 1. The Labute approximate surface area is 143 Å². The second kappa shape index (κ2) is 7.60. The molecule has 0 saturated carbocycles. The molecule has 0 aliphatic heterocycles. The Morgan fingerprint density at radius 1 is 1.21 bits per heavy atom. The predicted octanol–water partition coefficient (Wildman–Crippen LogP) is 2.40. The Balaban J connectivity index is 1.64. The molecule has 0 aliphatic rings. The van der Waals surface area contributed by atoms with Gasteiger partial charge in [0.2, 0.25) is 5.91 Å². The third-order valence-corrected chi connectivity index (χ3v) is 4.11. The minimum atomic E-state index is -0.115. The maximum Gasteiger partial charge on any atom is 0.234 e. The summed E-state index contributed by atoms with van der Waals surface area (Å²) in [6, 6.07) is 11.0. The highest BCUT2D eigenvalue weighted by molar-refractivity contribution is 7.99. The molecule has 3 rings (SSSR count). The van der Waals surface area contributed by atoms with E-state index in [2.05, 4.69) is 20.5 Å². The molecule has 0 bridgehead atoms. The molecule has 3 aromatic rings. The van der Waals surface area contributed by atoms with Crippen LogP contribution in [-0.4, -0.2) is 38.5 Å². The van der Waals surface area contributed by atoms with E-state index in [1.54, 1.807) is 38.0 Å². The summed E-state index contributed by atoms with van der Waals surface area (Å²) < 4.78 is 6.97. The van der Waals surface area contributed by atoms with Crippen LogP contribution in [0.4, 0.5) is 5.69 Å². The predicted molar refractivity (Wildman–Crippen MR) is 91.5 cm³/mol. The van der Waals surface area contributed by atoms with Gasteiger partial charge >= 0.3 is 0 Å². The van der Waals surface area contributed by atoms with Gasteiger partial charge in [0.05, 0.1) is 12.9 Å². The van der Waals surface area contributed by atoms with Crippen molar-refractivity contribution in [2.24, 2.45) is 0 Å². The average molecular weight is 341 g/mol. The van der Waals surface area contributed by atoms with E-state index >= 15 is 0 Å². The van der Waals surface area contributed by atoms with E-state index in [1.807, 2.05) is 28.8 Å². The van der Waals surface area contributed by atoms with Gasteiger partial charge in [0.25, 0.3) is 0 Å². The zero-order valence-corrected chi connectivity index (χ0v) is 13.7. The van der Waals surface area contributed by atoms with Gasteiger partial charge in [-0.25, -0.2) is 0 Å². The number of methoxy groups -OCH3 is 1. The third kappa shape index (κ3) is 3.90. The van der Waals surface area contributed by atoms with E-state index in [-0.39, 0.29) is 11.7 Å². The van der Waals surface area contributed by atoms with Crippen LogP contribution in [0.1, 0.15) is 0 Å². The molecule has 0 radical (unpaired) electrons. The van der Waals surface area contributed by atoms with E-state index in [4.69, 9.17) is 4.74 Å². The first-order chi connectivity index (χ1) is 11.8. The Morgan fingerprint density at radius 2 is 1.96 bits per heavy atom. The van der Waals surface area contributed by atoms with Gasteiger partial charge in [-0.3, -0.25) is 14.3 Å². The molecule has 7 nitrogen and oxygen atoms in total. The number of pyridine rings is 1. The highest BCUT2D eigenvalue weighted by Gasteiger charge is 2.10. The number of carbonyl (C=O) groups excluding carboxylic acids is 1. The normalized spacial score (nSPS) is 10.4. The van der Waals surface area contributed by atoms with Crippen molar-refractivity contribution >= 4 is 23.4 Å². The maximum atomic E-state index is 12.0. The third-order valence-electron chi connectivity index (χ3n) is 3.16. The van der Waals surface area contributed by atoms with Crippen LogP contribution in [0, 0.1) is 0 Å². The van der Waals surface area contributed by atoms with Crippen molar-refractivity contribution in [3.63, 3.8) is 0 Å². The SMILES string of the molecule is COc1ccc(-n2cnnc2SCC(=O)Nc2ccncc2)cc1. The van der Waals surface area contributed by atoms with E-state index < -0.39 is 0 Å². The minimum Gasteiger partial charge on any atom is -0.497 e. The molecule has 1 N–H and O–H groups in total. The van der Waals surface area contributed by atoms with Crippen molar-refractivity contribution in [2.45, 2.75) is 5.16 Å². The van der Waals surface area contributed by atoms with Gasteiger partial charge in [-0.15, -0.1) is 10.2 Å². The maximum absolute atomic E-state index is 12.0. The van der Waals surface area contributed by atoms with Crippen molar-refractivity contribution in [3.05, 3.63) is 55.1 Å². The number of amides is 1. The lowest BCUT2D eigenvalue weighted by Gasteiger charge is -2.07. The van der Waals surface area contributed by atoms with Crippen molar-refractivity contribution in [2.75, 3.05) is 18.2 Å². The Hall–Kier alpha value is -2.87. The average Bonchev–Trinajstić information content (AvgIpc) is 3.09. The molecule has 1 amide bonds. The van der Waals surface area contributed by atoms with Crippen LogP contribution in [0.25, 0.3) is 5.69 Å². The molecule has 24 heavy (non-hydrogen) atoms. The van der Waals surface area contributed by atoms with Gasteiger partial charge in [-0.2, -0.15) is 0 Å². The van der Waals surface area contributed by atoms with Crippen LogP contribution in [-0.2, 0) is 4.79 Å². The van der Waals surface area contributed by atoms with Gasteiger partial charge in [0, 0.05) is 23.8 Å². The van der Waals surface area contributed by atoms with Gasteiger partial charge in [0.15, 0.2) is 5.16 Å². The zero-order valence-electron chi connectivity index (χ0n) is 12.9. The fraction of sp³-hybridized carbons (Fsp3) is 0.125. The quantitative estimate of drug-likeness (QED) is 0.693. The summed E-state index contributed by atoms with van der Waals surface area (Å²) in [5.74, 6) is 0.894. The largest absolute Gasteiger partial charge is 0.497 e. The van der Waals surface area contributed by atoms with Gasteiger partial charge in [-0.1, -0.05) is 11.8 Å². The number of benzene rings is 1. The molecular formula is C16H15N5O2S. The van der Waals surface area contributed by atoms with Crippen LogP contribution in [0.15, 0.2) is 60.3 Å². The number of carbonyl (C=O) groups is 1. The first-order valence-electron chi connectivity index (χ1n) is 7.13. The number of hydrogen-bond acceptors (Lipinski definition) is 6. The number of thioether (sulfide) groups is 1. The standard InChI is InChI=1S/C16H15N5O2S/c1-23-14-4-2-13(3-5-14)21-11-18-20-16(21)24-10-15(22)19-12-6-8-17-9-7-12/h2-9,11H,10H2,1H3,(H,17,19,22). The molecule has 1 aromatic carbocycles. The topological polar surface area (TPSA) is 81.9 Å². The molecule has 0 saturated heterocycles. The zero-order chi connectivity index (χ0) is 16.8. The van der Waals surface area contributed by atoms with Crippen LogP contribution < -0.4 is 10.1 Å². The molecular weight excluding hydrogens is 326 g/mol. The first kappa shape index (κ1) is 16.0. The van der Waals surface area contributed by atoms with E-state index in [9.17, 15) is 4.79 Å². The fourth-order valence-corrected chi connectivity index (χ4v) is 2.73. The Bertz CT molecular complexity index is 805. The molecule has 122 valence electrons. The second-order valence-electron chi connectivity index (χ2n) is 4.75. The monoisotopic (exact) mass is 341 g/mol. The Morgan fingerprint density at radius 3 is 2.67 bits per heavy atom. The molecule has 2 aromatic heterocycles. The number of aromatic nitrogens is 4. The minimum absolute atomic E-state index is 0.115. The molecule has 0 unspecified atom stereocenters. The molecule has 8 heteroatoms. The number of rotatable bonds is 6. The van der Waals surface area contributed by atoms with Gasteiger partial charge < -0.3 is 10.1 Å². The van der Waals surface area contributed by atoms with E-state index in [0.717, 1.165) is 11.4 Å². The Kier molecular flexibility index (Phi) is 5.07. The van der Waals surface area contributed by atoms with Crippen LogP contribution >= 0.6 is 11.8 Å². The van der Waals surface area contributed by atoms with Gasteiger partial charge in [-0.05, 0) is 36.4 Å². The fourth-order valence-electron chi connectivity index (χ4n) is 2.01. The second-order valence-corrected chi connectivity index (χ2v) is 5.70. The summed E-state index contributed by atoms with van der Waals surface area (Å²) in [5.41, 5.74) is 1.62. The summed E-state index contributed by atoms with van der Waals surface area (Å²) in [6.45, 7) is 0. The van der Waals surface area contributed by atoms with Crippen molar-refractivity contribution < 1.29 is 9.53 Å². The van der Waals surface area contributed by atoms with Gasteiger partial charge in [0.1, 0.15) is 12.1 Å². The van der Waals surface area contributed by atoms with Crippen LogP contribution in [0.3, 0.4) is 0 Å². The lowest BCUT2D eigenvalue weighted by atomic mass is 10.3. The smallest absolute Gasteiger partial charge is 0.234 e. The van der Waals surface area contributed by atoms with Crippen molar-refractivity contribution in [1.82, 2.24) is 19.7 Å². The van der Waals surface area contributed by atoms with Crippen molar-refractivity contribution in [1.29, 1.82) is 0 Å². The number of nitrogens with one attached hydrogen (secondary N) is 1. The molecule has 0 aliphatic carbocycles. The molecule has 0 fully saturated rings. The summed E-state index contributed by atoms with van der Waals surface area (Å²) >= 11 is 1.32. The lowest BCUT2D eigenvalue weighted by Crippen LogP contribution is -2.14. The lowest BCUT2D eigenvalue weighted by molar-refractivity contribution is -0.113. The number of anilines is 1. The van der Waals surface area contributed by atoms with Crippen LogP contribution in [0.5, 0.6) is 5.75 Å². The highest BCUT2D eigenvalue weighted by Crippen LogP contribution is 2.21. The van der Waals surface area contributed by atoms with Crippen LogP contribution in [0.2, 0.25) is 0 Å². The van der Waals surface area contributed by atoms with E-state index in [0.29, 0.717) is 10.8 Å². The number of hydrogen-bond donors (Lipinski definition) is 1.